The van der Waals surface area contributed by atoms with E-state index in [4.69, 9.17) is 4.74 Å². The fourth-order valence-corrected chi connectivity index (χ4v) is 1.52. The molecule has 0 aliphatic heterocycles. The van der Waals surface area contributed by atoms with Gasteiger partial charge >= 0.3 is 0 Å². The summed E-state index contributed by atoms with van der Waals surface area (Å²) in [6.45, 7) is 5.32. The van der Waals surface area contributed by atoms with Crippen molar-refractivity contribution in [3.63, 3.8) is 0 Å². The molecule has 0 aliphatic carbocycles. The molecule has 0 N–H and O–H groups in total. The molecule has 4 heteroatoms. The highest BCUT2D eigenvalue weighted by atomic mass is 19.1. The lowest BCUT2D eigenvalue weighted by atomic mass is 10.1. The molecule has 3 nitrogen and oxygen atoms in total. The van der Waals surface area contributed by atoms with Crippen LogP contribution in [0.1, 0.15) is 22.8 Å². The van der Waals surface area contributed by atoms with Crippen LogP contribution >= 0.6 is 0 Å². The van der Waals surface area contributed by atoms with Crippen molar-refractivity contribution in [2.45, 2.75) is 13.8 Å². The van der Waals surface area contributed by atoms with Gasteiger partial charge in [0.25, 0.3) is 5.91 Å². The summed E-state index contributed by atoms with van der Waals surface area (Å²) in [4.78, 5) is 13.6. The van der Waals surface area contributed by atoms with Crippen LogP contribution in [0.4, 0.5) is 4.39 Å². The van der Waals surface area contributed by atoms with Crippen molar-refractivity contribution in [2.24, 2.45) is 0 Å². The molecular weight excluding hydrogens is 221 g/mol. The molecule has 0 bridgehead atoms. The fraction of sp³-hybridized carbons (Fsp3) is 0.462. The number of hydrogen-bond donors (Lipinski definition) is 0. The zero-order valence-corrected chi connectivity index (χ0v) is 10.5. The third-order valence-electron chi connectivity index (χ3n) is 2.54. The predicted octanol–water partition coefficient (Wildman–Crippen LogP) is 2.24. The number of benzene rings is 1. The smallest absolute Gasteiger partial charge is 0.253 e. The highest BCUT2D eigenvalue weighted by Gasteiger charge is 2.13. The quantitative estimate of drug-likeness (QED) is 0.737. The number of nitrogens with zero attached hydrogens (tertiary/aromatic N) is 1. The van der Waals surface area contributed by atoms with Crippen LogP contribution in [0.2, 0.25) is 0 Å². The Bertz CT molecular complexity index is 393. The van der Waals surface area contributed by atoms with Crippen LogP contribution in [0.15, 0.2) is 18.2 Å². The average Bonchev–Trinajstić information content (AvgIpc) is 2.28. The Hall–Kier alpha value is -1.42. The van der Waals surface area contributed by atoms with Crippen molar-refractivity contribution in [3.05, 3.63) is 35.1 Å². The monoisotopic (exact) mass is 239 g/mol. The van der Waals surface area contributed by atoms with Gasteiger partial charge in [-0.15, -0.1) is 0 Å². The number of carbonyl (C=O) groups is 1. The van der Waals surface area contributed by atoms with E-state index in [9.17, 15) is 9.18 Å². The van der Waals surface area contributed by atoms with Crippen molar-refractivity contribution >= 4 is 5.91 Å². The summed E-state index contributed by atoms with van der Waals surface area (Å²) in [7, 11) is 1.71. The summed E-state index contributed by atoms with van der Waals surface area (Å²) in [6, 6.07) is 4.18. The van der Waals surface area contributed by atoms with E-state index in [2.05, 4.69) is 0 Å². The zero-order chi connectivity index (χ0) is 12.8. The lowest BCUT2D eigenvalue weighted by molar-refractivity contribution is 0.0709. The number of amides is 1. The van der Waals surface area contributed by atoms with Crippen LogP contribution in [0.25, 0.3) is 0 Å². The highest BCUT2D eigenvalue weighted by molar-refractivity contribution is 5.95. The van der Waals surface area contributed by atoms with E-state index in [1.54, 1.807) is 18.9 Å². The molecule has 0 aliphatic rings. The molecule has 0 spiro atoms. The van der Waals surface area contributed by atoms with Gasteiger partial charge in [0.2, 0.25) is 0 Å². The fourth-order valence-electron chi connectivity index (χ4n) is 1.52. The molecule has 0 aromatic heterocycles. The van der Waals surface area contributed by atoms with Crippen LogP contribution in [-0.2, 0) is 4.74 Å². The third kappa shape index (κ3) is 3.82. The first-order valence-electron chi connectivity index (χ1n) is 5.65. The first-order valence-corrected chi connectivity index (χ1v) is 5.65. The van der Waals surface area contributed by atoms with Crippen molar-refractivity contribution in [3.8, 4) is 0 Å². The van der Waals surface area contributed by atoms with Crippen molar-refractivity contribution in [1.29, 1.82) is 0 Å². The van der Waals surface area contributed by atoms with E-state index in [-0.39, 0.29) is 11.7 Å². The number of carbonyl (C=O) groups excluding carboxylic acids is 1. The standard InChI is InChI=1S/C13H18FNO2/c1-4-17-8-7-15(3)13(16)12-6-5-11(14)9-10(12)2/h5-6,9H,4,7-8H2,1-3H3. The Kier molecular flexibility index (Phi) is 5.10. The molecule has 0 heterocycles. The van der Waals surface area contributed by atoms with Gasteiger partial charge in [0.15, 0.2) is 0 Å². The third-order valence-corrected chi connectivity index (χ3v) is 2.54. The van der Waals surface area contributed by atoms with Gasteiger partial charge in [-0.1, -0.05) is 0 Å². The minimum absolute atomic E-state index is 0.109. The Morgan fingerprint density at radius 2 is 2.18 bits per heavy atom. The summed E-state index contributed by atoms with van der Waals surface area (Å²) in [5.74, 6) is -0.432. The highest BCUT2D eigenvalue weighted by Crippen LogP contribution is 2.12. The number of rotatable bonds is 5. The molecule has 1 amide bonds. The van der Waals surface area contributed by atoms with Crippen molar-refractivity contribution in [1.82, 2.24) is 4.90 Å². The Labute approximate surface area is 101 Å². The van der Waals surface area contributed by atoms with Gasteiger partial charge in [-0.25, -0.2) is 4.39 Å². The van der Waals surface area contributed by atoms with Crippen LogP contribution in [0.3, 0.4) is 0 Å². The number of hydrogen-bond acceptors (Lipinski definition) is 2. The molecular formula is C13H18FNO2. The molecule has 0 saturated carbocycles. The molecule has 0 fully saturated rings. The molecule has 94 valence electrons. The van der Waals surface area contributed by atoms with E-state index in [0.29, 0.717) is 30.9 Å². The summed E-state index contributed by atoms with van der Waals surface area (Å²) in [5, 5.41) is 0. The van der Waals surface area contributed by atoms with E-state index in [1.165, 1.54) is 18.2 Å². The van der Waals surface area contributed by atoms with E-state index < -0.39 is 0 Å². The largest absolute Gasteiger partial charge is 0.380 e. The van der Waals surface area contributed by atoms with Gasteiger partial charge in [0, 0.05) is 25.8 Å². The SMILES string of the molecule is CCOCCN(C)C(=O)c1ccc(F)cc1C. The van der Waals surface area contributed by atoms with E-state index in [0.717, 1.165) is 0 Å². The molecule has 0 unspecified atom stereocenters. The summed E-state index contributed by atoms with van der Waals surface area (Å²) < 4.78 is 18.1. The predicted molar refractivity (Wildman–Crippen MR) is 64.6 cm³/mol. The van der Waals surface area contributed by atoms with Crippen LogP contribution < -0.4 is 0 Å². The summed E-state index contributed by atoms with van der Waals surface area (Å²) >= 11 is 0. The Balaban J connectivity index is 2.68. The maximum Gasteiger partial charge on any atom is 0.253 e. The molecule has 1 aromatic rings. The second-order valence-electron chi connectivity index (χ2n) is 3.88. The molecule has 0 saturated heterocycles. The zero-order valence-electron chi connectivity index (χ0n) is 10.5. The second kappa shape index (κ2) is 6.35. The maximum absolute atomic E-state index is 12.9. The summed E-state index contributed by atoms with van der Waals surface area (Å²) in [6.07, 6.45) is 0. The number of likely N-dealkylation sites (N-methyl/N-ethyl adjacent to an activating group) is 1. The van der Waals surface area contributed by atoms with Crippen LogP contribution in [0.5, 0.6) is 0 Å². The number of halogens is 1. The Morgan fingerprint density at radius 1 is 1.47 bits per heavy atom. The first-order chi connectivity index (χ1) is 8.06. The van der Waals surface area contributed by atoms with E-state index >= 15 is 0 Å². The topological polar surface area (TPSA) is 29.5 Å². The molecule has 1 rings (SSSR count). The van der Waals surface area contributed by atoms with Gasteiger partial charge in [0.1, 0.15) is 5.82 Å². The van der Waals surface area contributed by atoms with Gasteiger partial charge in [-0.05, 0) is 37.6 Å². The lowest BCUT2D eigenvalue weighted by Gasteiger charge is -2.18. The van der Waals surface area contributed by atoms with Crippen LogP contribution in [0, 0.1) is 12.7 Å². The normalized spacial score (nSPS) is 10.4. The lowest BCUT2D eigenvalue weighted by Crippen LogP contribution is -2.30. The molecule has 17 heavy (non-hydrogen) atoms. The molecule has 1 aromatic carbocycles. The van der Waals surface area contributed by atoms with Gasteiger partial charge in [0.05, 0.1) is 6.61 Å². The van der Waals surface area contributed by atoms with Gasteiger partial charge in [-0.2, -0.15) is 0 Å². The average molecular weight is 239 g/mol. The molecule has 0 radical (unpaired) electrons. The molecule has 0 atom stereocenters. The number of aryl methyl sites for hydroxylation is 1. The first kappa shape index (κ1) is 13.6. The van der Waals surface area contributed by atoms with E-state index in [1.807, 2.05) is 6.92 Å². The van der Waals surface area contributed by atoms with Gasteiger partial charge in [-0.3, -0.25) is 4.79 Å². The number of ether oxygens (including phenoxy) is 1. The van der Waals surface area contributed by atoms with Gasteiger partial charge < -0.3 is 9.64 Å². The van der Waals surface area contributed by atoms with Crippen molar-refractivity contribution < 1.29 is 13.9 Å². The minimum atomic E-state index is -0.323. The summed E-state index contributed by atoms with van der Waals surface area (Å²) in [5.41, 5.74) is 1.18. The second-order valence-corrected chi connectivity index (χ2v) is 3.88. The maximum atomic E-state index is 12.9. The minimum Gasteiger partial charge on any atom is -0.380 e. The Morgan fingerprint density at radius 3 is 2.76 bits per heavy atom. The van der Waals surface area contributed by atoms with Crippen LogP contribution in [-0.4, -0.2) is 37.6 Å². The van der Waals surface area contributed by atoms with Crippen molar-refractivity contribution in [2.75, 3.05) is 26.8 Å².